The molecule has 1 aromatic heterocycles. The summed E-state index contributed by atoms with van der Waals surface area (Å²) in [5.41, 5.74) is 2.97. The van der Waals surface area contributed by atoms with E-state index in [1.54, 1.807) is 24.3 Å². The van der Waals surface area contributed by atoms with Crippen molar-refractivity contribution >= 4 is 17.8 Å². The highest BCUT2D eigenvalue weighted by atomic mass is 16.6. The number of aromatic nitrogens is 1. The smallest absolute Gasteiger partial charge is 0.287 e. The third-order valence-corrected chi connectivity index (χ3v) is 2.47. The Kier molecular flexibility index (Phi) is 4.76. The van der Waals surface area contributed by atoms with Crippen LogP contribution in [0.4, 0.5) is 5.69 Å². The molecule has 0 unspecified atom stereocenters. The molecule has 8 heteroatoms. The lowest BCUT2D eigenvalue weighted by atomic mass is 10.2. The van der Waals surface area contributed by atoms with E-state index in [0.29, 0.717) is 5.75 Å². The second-order valence-corrected chi connectivity index (χ2v) is 4.21. The molecule has 0 fully saturated rings. The molecule has 2 rings (SSSR count). The molecule has 0 bridgehead atoms. The van der Waals surface area contributed by atoms with Crippen LogP contribution in [-0.2, 0) is 4.79 Å². The van der Waals surface area contributed by atoms with Gasteiger partial charge in [0.15, 0.2) is 0 Å². The van der Waals surface area contributed by atoms with Gasteiger partial charge in [-0.2, -0.15) is 5.10 Å². The van der Waals surface area contributed by atoms with Crippen molar-refractivity contribution in [2.75, 3.05) is 0 Å². The summed E-state index contributed by atoms with van der Waals surface area (Å²) in [6.45, 7) is 1.37. The van der Waals surface area contributed by atoms with E-state index in [4.69, 9.17) is 4.74 Å². The highest BCUT2D eigenvalue weighted by Gasteiger charge is 2.06. The molecule has 0 spiro atoms. The molecule has 1 amide bonds. The van der Waals surface area contributed by atoms with E-state index >= 15 is 0 Å². The minimum Gasteiger partial charge on any atom is -0.439 e. The first kappa shape index (κ1) is 15.1. The van der Waals surface area contributed by atoms with E-state index in [1.165, 1.54) is 25.3 Å². The lowest BCUT2D eigenvalue weighted by molar-refractivity contribution is -0.385. The average Bonchev–Trinajstić information content (AvgIpc) is 2.49. The fraction of sp³-hybridized carbons (Fsp3) is 0.0714. The van der Waals surface area contributed by atoms with Gasteiger partial charge < -0.3 is 4.74 Å². The summed E-state index contributed by atoms with van der Waals surface area (Å²) in [5.74, 6) is 0.531. The van der Waals surface area contributed by atoms with Crippen LogP contribution in [0.25, 0.3) is 0 Å². The SMILES string of the molecule is CC(=O)N/N=C/c1ccc(Oc2ccc([N+](=O)[O-])cn2)cc1. The van der Waals surface area contributed by atoms with Crippen molar-refractivity contribution in [2.24, 2.45) is 5.10 Å². The number of hydrogen-bond acceptors (Lipinski definition) is 6. The van der Waals surface area contributed by atoms with Gasteiger partial charge in [0.05, 0.1) is 11.1 Å². The van der Waals surface area contributed by atoms with Crippen molar-refractivity contribution in [3.8, 4) is 11.6 Å². The Labute approximate surface area is 125 Å². The molecule has 0 aliphatic rings. The Morgan fingerprint density at radius 3 is 2.59 bits per heavy atom. The quantitative estimate of drug-likeness (QED) is 0.517. The largest absolute Gasteiger partial charge is 0.439 e. The Hall–Kier alpha value is -3.29. The first-order valence-corrected chi connectivity index (χ1v) is 6.22. The van der Waals surface area contributed by atoms with Gasteiger partial charge in [0.25, 0.3) is 5.69 Å². The molecular formula is C14H12N4O4. The van der Waals surface area contributed by atoms with Crippen LogP contribution in [0.15, 0.2) is 47.7 Å². The predicted molar refractivity (Wildman–Crippen MR) is 78.8 cm³/mol. The fourth-order valence-electron chi connectivity index (χ4n) is 1.48. The van der Waals surface area contributed by atoms with E-state index in [2.05, 4.69) is 15.5 Å². The third-order valence-electron chi connectivity index (χ3n) is 2.47. The highest BCUT2D eigenvalue weighted by Crippen LogP contribution is 2.21. The molecule has 0 saturated heterocycles. The van der Waals surface area contributed by atoms with Crippen molar-refractivity contribution in [1.82, 2.24) is 10.4 Å². The number of benzene rings is 1. The maximum Gasteiger partial charge on any atom is 0.287 e. The predicted octanol–water partition coefficient (Wildman–Crippen LogP) is 2.25. The molecule has 0 aliphatic carbocycles. The minimum atomic E-state index is -0.528. The van der Waals surface area contributed by atoms with Crippen LogP contribution in [0.5, 0.6) is 11.6 Å². The maximum absolute atomic E-state index is 10.7. The van der Waals surface area contributed by atoms with Crippen LogP contribution in [0.2, 0.25) is 0 Å². The maximum atomic E-state index is 10.7. The number of hydrogen-bond donors (Lipinski definition) is 1. The summed E-state index contributed by atoms with van der Waals surface area (Å²) < 4.78 is 5.46. The molecule has 0 radical (unpaired) electrons. The van der Waals surface area contributed by atoms with Crippen molar-refractivity contribution < 1.29 is 14.5 Å². The van der Waals surface area contributed by atoms with Crippen molar-refractivity contribution in [3.63, 3.8) is 0 Å². The second-order valence-electron chi connectivity index (χ2n) is 4.21. The lowest BCUT2D eigenvalue weighted by Crippen LogP contribution is -2.12. The minimum absolute atomic E-state index is 0.100. The molecule has 0 saturated carbocycles. The molecule has 2 aromatic rings. The number of amides is 1. The first-order chi connectivity index (χ1) is 10.5. The van der Waals surface area contributed by atoms with E-state index in [1.807, 2.05) is 0 Å². The normalized spacial score (nSPS) is 10.4. The number of pyridine rings is 1. The molecule has 22 heavy (non-hydrogen) atoms. The van der Waals surface area contributed by atoms with Crippen molar-refractivity contribution in [3.05, 3.63) is 58.3 Å². The molecule has 0 atom stereocenters. The number of nitro groups is 1. The lowest BCUT2D eigenvalue weighted by Gasteiger charge is -2.04. The molecule has 1 N–H and O–H groups in total. The Bertz CT molecular complexity index is 696. The van der Waals surface area contributed by atoms with Gasteiger partial charge >= 0.3 is 0 Å². The summed E-state index contributed by atoms with van der Waals surface area (Å²) in [7, 11) is 0. The van der Waals surface area contributed by atoms with Gasteiger partial charge in [-0.1, -0.05) is 0 Å². The molecule has 112 valence electrons. The Balaban J connectivity index is 2.00. The highest BCUT2D eigenvalue weighted by molar-refractivity contribution is 5.81. The van der Waals surface area contributed by atoms with Gasteiger partial charge in [-0.05, 0) is 29.8 Å². The van der Waals surface area contributed by atoms with E-state index in [0.717, 1.165) is 11.8 Å². The Morgan fingerprint density at radius 1 is 1.32 bits per heavy atom. The van der Waals surface area contributed by atoms with Crippen molar-refractivity contribution in [1.29, 1.82) is 0 Å². The van der Waals surface area contributed by atoms with Crippen LogP contribution in [0.3, 0.4) is 0 Å². The van der Waals surface area contributed by atoms with Crippen molar-refractivity contribution in [2.45, 2.75) is 6.92 Å². The number of hydrazone groups is 1. The van der Waals surface area contributed by atoms with Gasteiger partial charge in [-0.25, -0.2) is 10.4 Å². The van der Waals surface area contributed by atoms with Crippen LogP contribution in [-0.4, -0.2) is 22.0 Å². The summed E-state index contributed by atoms with van der Waals surface area (Å²) in [4.78, 5) is 24.5. The zero-order valence-electron chi connectivity index (χ0n) is 11.6. The number of rotatable bonds is 5. The second kappa shape index (κ2) is 6.93. The summed E-state index contributed by atoms with van der Waals surface area (Å²) in [6.07, 6.45) is 2.62. The first-order valence-electron chi connectivity index (χ1n) is 6.22. The average molecular weight is 300 g/mol. The molecule has 1 heterocycles. The standard InChI is InChI=1S/C14H12N4O4/c1-10(19)17-16-8-11-2-5-13(6-3-11)22-14-7-4-12(9-15-14)18(20)21/h2-9H,1H3,(H,17,19)/b16-8+. The van der Waals surface area contributed by atoms with E-state index in [9.17, 15) is 14.9 Å². The summed E-state index contributed by atoms with van der Waals surface area (Å²) in [6, 6.07) is 9.61. The fourth-order valence-corrected chi connectivity index (χ4v) is 1.48. The van der Waals surface area contributed by atoms with E-state index in [-0.39, 0.29) is 17.5 Å². The molecule has 8 nitrogen and oxygen atoms in total. The molecule has 0 aliphatic heterocycles. The zero-order chi connectivity index (χ0) is 15.9. The van der Waals surface area contributed by atoms with Gasteiger partial charge in [0.2, 0.25) is 11.8 Å². The number of nitrogens with one attached hydrogen (secondary N) is 1. The van der Waals surface area contributed by atoms with Gasteiger partial charge in [0.1, 0.15) is 11.9 Å². The summed E-state index contributed by atoms with van der Waals surface area (Å²) in [5, 5.41) is 14.3. The van der Waals surface area contributed by atoms with Gasteiger partial charge in [0, 0.05) is 19.1 Å². The number of nitrogens with zero attached hydrogens (tertiary/aromatic N) is 3. The van der Waals surface area contributed by atoms with Crippen LogP contribution >= 0.6 is 0 Å². The van der Waals surface area contributed by atoms with Crippen LogP contribution in [0.1, 0.15) is 12.5 Å². The number of ether oxygens (including phenoxy) is 1. The molecular weight excluding hydrogens is 288 g/mol. The zero-order valence-corrected chi connectivity index (χ0v) is 11.6. The van der Waals surface area contributed by atoms with Gasteiger partial charge in [-0.15, -0.1) is 0 Å². The monoisotopic (exact) mass is 300 g/mol. The van der Waals surface area contributed by atoms with Crippen LogP contribution < -0.4 is 10.2 Å². The Morgan fingerprint density at radius 2 is 2.05 bits per heavy atom. The number of carbonyl (C=O) groups is 1. The van der Waals surface area contributed by atoms with Gasteiger partial charge in [-0.3, -0.25) is 14.9 Å². The third kappa shape index (κ3) is 4.37. The topological polar surface area (TPSA) is 107 Å². The van der Waals surface area contributed by atoms with Crippen LogP contribution in [0, 0.1) is 10.1 Å². The molecule has 1 aromatic carbocycles. The summed E-state index contributed by atoms with van der Waals surface area (Å²) >= 11 is 0. The number of carbonyl (C=O) groups excluding carboxylic acids is 1. The van der Waals surface area contributed by atoms with E-state index < -0.39 is 4.92 Å².